The van der Waals surface area contributed by atoms with E-state index in [4.69, 9.17) is 28.6 Å². The highest BCUT2D eigenvalue weighted by molar-refractivity contribution is 9.10. The standard InChI is InChI=1S/C15H19BrClN3O2S/c1-2-22-15(21)20-7-5-10(6-8-20)18-14(23)19-11-3-4-12(16)13(17)9-11/h3-4,9-10H,2,5-8H2,1H3,(H2,18,19,23). The zero-order valence-corrected chi connectivity index (χ0v) is 15.9. The second-order valence-corrected chi connectivity index (χ2v) is 6.86. The van der Waals surface area contributed by atoms with Gasteiger partial charge >= 0.3 is 6.09 Å². The molecule has 1 aliphatic heterocycles. The third kappa shape index (κ3) is 5.51. The van der Waals surface area contributed by atoms with Crippen LogP contribution in [0.25, 0.3) is 0 Å². The molecule has 1 aromatic rings. The van der Waals surface area contributed by atoms with Crippen molar-refractivity contribution in [2.45, 2.75) is 25.8 Å². The molecule has 0 aromatic heterocycles. The number of carbonyl (C=O) groups excluding carboxylic acids is 1. The smallest absolute Gasteiger partial charge is 0.409 e. The van der Waals surface area contributed by atoms with Gasteiger partial charge in [-0.05, 0) is 66.1 Å². The molecule has 1 heterocycles. The SMILES string of the molecule is CCOC(=O)N1CCC(NC(=S)Nc2ccc(Br)c(Cl)c2)CC1. The lowest BCUT2D eigenvalue weighted by Crippen LogP contribution is -2.47. The molecule has 0 saturated carbocycles. The number of benzene rings is 1. The Morgan fingerprint density at radius 2 is 2.17 bits per heavy atom. The Kier molecular flexibility index (Phi) is 6.92. The van der Waals surface area contributed by atoms with Crippen molar-refractivity contribution in [3.63, 3.8) is 0 Å². The summed E-state index contributed by atoms with van der Waals surface area (Å²) in [5.74, 6) is 0. The molecule has 8 heteroatoms. The number of ether oxygens (including phenoxy) is 1. The van der Waals surface area contributed by atoms with Crippen LogP contribution >= 0.6 is 39.7 Å². The van der Waals surface area contributed by atoms with Gasteiger partial charge in [0.2, 0.25) is 0 Å². The average Bonchev–Trinajstić information content (AvgIpc) is 2.52. The van der Waals surface area contributed by atoms with E-state index in [1.807, 2.05) is 25.1 Å². The summed E-state index contributed by atoms with van der Waals surface area (Å²) in [7, 11) is 0. The molecule has 1 aliphatic rings. The number of halogens is 2. The first-order valence-corrected chi connectivity index (χ1v) is 9.01. The largest absolute Gasteiger partial charge is 0.450 e. The van der Waals surface area contributed by atoms with Gasteiger partial charge in [0.15, 0.2) is 5.11 Å². The second kappa shape index (κ2) is 8.70. The molecule has 5 nitrogen and oxygen atoms in total. The average molecular weight is 421 g/mol. The zero-order valence-electron chi connectivity index (χ0n) is 12.8. The summed E-state index contributed by atoms with van der Waals surface area (Å²) in [6.07, 6.45) is 1.43. The van der Waals surface area contributed by atoms with Gasteiger partial charge in [0.1, 0.15) is 0 Å². The van der Waals surface area contributed by atoms with Crippen LogP contribution in [0.4, 0.5) is 10.5 Å². The molecule has 1 fully saturated rings. The van der Waals surface area contributed by atoms with E-state index in [0.717, 1.165) is 23.0 Å². The number of likely N-dealkylation sites (tertiary alicyclic amines) is 1. The highest BCUT2D eigenvalue weighted by Crippen LogP contribution is 2.25. The first kappa shape index (κ1) is 18.3. The van der Waals surface area contributed by atoms with Crippen LogP contribution in [0.2, 0.25) is 5.02 Å². The lowest BCUT2D eigenvalue weighted by Gasteiger charge is -2.32. The number of rotatable bonds is 3. The van der Waals surface area contributed by atoms with Gasteiger partial charge in [-0.2, -0.15) is 0 Å². The Morgan fingerprint density at radius 1 is 1.48 bits per heavy atom. The lowest BCUT2D eigenvalue weighted by atomic mass is 10.1. The van der Waals surface area contributed by atoms with Gasteiger partial charge in [0.25, 0.3) is 0 Å². The van der Waals surface area contributed by atoms with Gasteiger partial charge in [-0.25, -0.2) is 4.79 Å². The fourth-order valence-corrected chi connectivity index (χ4v) is 3.06. The van der Waals surface area contributed by atoms with E-state index in [1.54, 1.807) is 4.90 Å². The van der Waals surface area contributed by atoms with Crippen molar-refractivity contribution in [3.05, 3.63) is 27.7 Å². The molecule has 0 bridgehead atoms. The molecular weight excluding hydrogens is 402 g/mol. The highest BCUT2D eigenvalue weighted by Gasteiger charge is 2.23. The van der Waals surface area contributed by atoms with Crippen molar-refractivity contribution in [1.29, 1.82) is 0 Å². The van der Waals surface area contributed by atoms with Crippen molar-refractivity contribution in [2.75, 3.05) is 25.0 Å². The first-order valence-electron chi connectivity index (χ1n) is 7.44. The van der Waals surface area contributed by atoms with Gasteiger partial charge in [0, 0.05) is 29.3 Å². The van der Waals surface area contributed by atoms with E-state index in [-0.39, 0.29) is 12.1 Å². The van der Waals surface area contributed by atoms with Crippen molar-refractivity contribution < 1.29 is 9.53 Å². The Morgan fingerprint density at radius 3 is 2.78 bits per heavy atom. The summed E-state index contributed by atoms with van der Waals surface area (Å²) in [6, 6.07) is 5.81. The molecule has 1 amide bonds. The van der Waals surface area contributed by atoms with E-state index in [2.05, 4.69) is 26.6 Å². The van der Waals surface area contributed by atoms with Crippen molar-refractivity contribution in [1.82, 2.24) is 10.2 Å². The van der Waals surface area contributed by atoms with Crippen LogP contribution in [0, 0.1) is 0 Å². The fourth-order valence-electron chi connectivity index (χ4n) is 2.35. The van der Waals surface area contributed by atoms with E-state index in [1.165, 1.54) is 0 Å². The third-order valence-corrected chi connectivity index (χ3v) is 4.99. The van der Waals surface area contributed by atoms with Gasteiger partial charge in [-0.15, -0.1) is 0 Å². The second-order valence-electron chi connectivity index (χ2n) is 5.19. The number of hydrogen-bond donors (Lipinski definition) is 2. The molecule has 0 spiro atoms. The molecule has 126 valence electrons. The van der Waals surface area contributed by atoms with Crippen molar-refractivity contribution in [2.24, 2.45) is 0 Å². The zero-order chi connectivity index (χ0) is 16.8. The van der Waals surface area contributed by atoms with Gasteiger partial charge in [0.05, 0.1) is 11.6 Å². The Bertz CT molecular complexity index is 580. The summed E-state index contributed by atoms with van der Waals surface area (Å²) < 4.78 is 5.85. The fraction of sp³-hybridized carbons (Fsp3) is 0.467. The minimum Gasteiger partial charge on any atom is -0.450 e. The van der Waals surface area contributed by atoms with E-state index in [9.17, 15) is 4.79 Å². The number of amides is 1. The number of carbonyl (C=O) groups is 1. The van der Waals surface area contributed by atoms with Crippen molar-refractivity contribution >= 4 is 56.6 Å². The summed E-state index contributed by atoms with van der Waals surface area (Å²) in [4.78, 5) is 13.4. The molecule has 1 aromatic carbocycles. The van der Waals surface area contributed by atoms with Crippen LogP contribution in [0.15, 0.2) is 22.7 Å². The maximum atomic E-state index is 11.7. The summed E-state index contributed by atoms with van der Waals surface area (Å²) in [5.41, 5.74) is 0.833. The van der Waals surface area contributed by atoms with E-state index >= 15 is 0 Å². The minimum absolute atomic E-state index is 0.240. The van der Waals surface area contributed by atoms with Crippen LogP contribution in [-0.4, -0.2) is 41.8 Å². The predicted octanol–water partition coefficient (Wildman–Crippen LogP) is 4.01. The Hall–Kier alpha value is -1.05. The first-order chi connectivity index (χ1) is 11.0. The van der Waals surface area contributed by atoms with Gasteiger partial charge in [-0.3, -0.25) is 0 Å². The summed E-state index contributed by atoms with van der Waals surface area (Å²) in [5, 5.41) is 7.58. The maximum absolute atomic E-state index is 11.7. The molecule has 0 unspecified atom stereocenters. The number of nitrogens with zero attached hydrogens (tertiary/aromatic N) is 1. The molecule has 0 aliphatic carbocycles. The molecule has 2 N–H and O–H groups in total. The molecule has 2 rings (SSSR count). The van der Waals surface area contributed by atoms with Crippen LogP contribution in [0.1, 0.15) is 19.8 Å². The molecule has 0 atom stereocenters. The normalized spacial score (nSPS) is 15.2. The number of piperidine rings is 1. The van der Waals surface area contributed by atoms with Crippen LogP contribution in [0.5, 0.6) is 0 Å². The summed E-state index contributed by atoms with van der Waals surface area (Å²) >= 11 is 14.7. The minimum atomic E-state index is -0.240. The molecular formula is C15H19BrClN3O2S. The van der Waals surface area contributed by atoms with Crippen LogP contribution in [0.3, 0.4) is 0 Å². The monoisotopic (exact) mass is 419 g/mol. The molecule has 1 saturated heterocycles. The number of thiocarbonyl (C=S) groups is 1. The van der Waals surface area contributed by atoms with Crippen LogP contribution < -0.4 is 10.6 Å². The predicted molar refractivity (Wildman–Crippen MR) is 100 cm³/mol. The quantitative estimate of drug-likeness (QED) is 0.724. The van der Waals surface area contributed by atoms with Crippen molar-refractivity contribution in [3.8, 4) is 0 Å². The highest BCUT2D eigenvalue weighted by atomic mass is 79.9. The number of anilines is 1. The summed E-state index contributed by atoms with van der Waals surface area (Å²) in [6.45, 7) is 3.55. The topological polar surface area (TPSA) is 53.6 Å². The number of nitrogens with one attached hydrogen (secondary N) is 2. The number of hydrogen-bond acceptors (Lipinski definition) is 3. The molecule has 0 radical (unpaired) electrons. The lowest BCUT2D eigenvalue weighted by molar-refractivity contribution is 0.0964. The Balaban J connectivity index is 1.78. The van der Waals surface area contributed by atoms with Gasteiger partial charge in [-0.1, -0.05) is 11.6 Å². The van der Waals surface area contributed by atoms with Gasteiger partial charge < -0.3 is 20.3 Å². The third-order valence-electron chi connectivity index (χ3n) is 3.53. The maximum Gasteiger partial charge on any atom is 0.409 e. The van der Waals surface area contributed by atoms with E-state index in [0.29, 0.717) is 29.8 Å². The molecule has 23 heavy (non-hydrogen) atoms. The van der Waals surface area contributed by atoms with E-state index < -0.39 is 0 Å². The Labute approximate surface area is 154 Å². The van der Waals surface area contributed by atoms with Crippen LogP contribution in [-0.2, 0) is 4.74 Å².